The summed E-state index contributed by atoms with van der Waals surface area (Å²) >= 11 is 0. The van der Waals surface area contributed by atoms with Crippen molar-refractivity contribution in [2.75, 3.05) is 6.61 Å². The largest absolute Gasteiger partial charge is 0.494 e. The number of benzene rings is 1. The summed E-state index contributed by atoms with van der Waals surface area (Å²) in [5, 5.41) is 0. The fourth-order valence-corrected chi connectivity index (χ4v) is 0.683. The van der Waals surface area contributed by atoms with Gasteiger partial charge in [-0.2, -0.15) is 0 Å². The molecule has 1 aromatic carbocycles. The Morgan fingerprint density at radius 1 is 1.15 bits per heavy atom. The van der Waals surface area contributed by atoms with Crippen LogP contribution in [0.1, 0.15) is 6.92 Å². The molecule has 0 unspecified atom stereocenters. The van der Waals surface area contributed by atoms with Crippen molar-refractivity contribution in [1.29, 1.82) is 11.1 Å². The molecule has 0 bridgehead atoms. The van der Waals surface area contributed by atoms with Crippen molar-refractivity contribution in [2.24, 2.45) is 0 Å². The van der Waals surface area contributed by atoms with Crippen molar-refractivity contribution in [2.45, 2.75) is 6.92 Å². The van der Waals surface area contributed by atoms with E-state index in [0.717, 1.165) is 12.4 Å². The first-order valence-electron chi connectivity index (χ1n) is 3.86. The Hall–Kier alpha value is -1.64. The maximum absolute atomic E-state index is 5.21. The Morgan fingerprint density at radius 2 is 1.62 bits per heavy atom. The molecule has 0 atom stereocenters. The monoisotopic (exact) mass is 180 g/mol. The molecule has 1 aromatic rings. The highest BCUT2D eigenvalue weighted by molar-refractivity contribution is 5.20. The smallest absolute Gasteiger partial charge is 0.119 e. The zero-order valence-electron chi connectivity index (χ0n) is 7.92. The first-order chi connectivity index (χ1) is 6.43. The van der Waals surface area contributed by atoms with Crippen molar-refractivity contribution in [3.8, 4) is 5.75 Å². The van der Waals surface area contributed by atoms with Crippen LogP contribution in [0.5, 0.6) is 5.75 Å². The van der Waals surface area contributed by atoms with Gasteiger partial charge in [-0.05, 0) is 19.1 Å². The molecule has 0 saturated carbocycles. The van der Waals surface area contributed by atoms with Crippen LogP contribution in [0.4, 0.5) is 0 Å². The van der Waals surface area contributed by atoms with Crippen LogP contribution in [0.25, 0.3) is 0 Å². The van der Waals surface area contributed by atoms with Crippen LogP contribution in [0.3, 0.4) is 0 Å². The fourth-order valence-electron chi connectivity index (χ4n) is 0.683. The second kappa shape index (κ2) is 13.0. The lowest BCUT2D eigenvalue weighted by atomic mass is 10.3. The Labute approximate surface area is 79.4 Å². The lowest BCUT2D eigenvalue weighted by Gasteiger charge is -1.99. The third-order valence-electron chi connectivity index (χ3n) is 1.05. The first-order valence-corrected chi connectivity index (χ1v) is 3.86. The minimum atomic E-state index is 0.740. The zero-order valence-corrected chi connectivity index (χ0v) is 7.92. The van der Waals surface area contributed by atoms with Gasteiger partial charge in [0.2, 0.25) is 0 Å². The summed E-state index contributed by atoms with van der Waals surface area (Å²) in [6, 6.07) is 9.80. The van der Waals surface area contributed by atoms with E-state index >= 15 is 0 Å². The Kier molecular flexibility index (Phi) is 13.9. The Morgan fingerprint density at radius 3 is 2.00 bits per heavy atom. The quantitative estimate of drug-likeness (QED) is 0.531. The van der Waals surface area contributed by atoms with Gasteiger partial charge in [0.25, 0.3) is 0 Å². The van der Waals surface area contributed by atoms with E-state index in [1.807, 2.05) is 37.3 Å². The Balaban J connectivity index is 0. The SMILES string of the molecule is C=C.CCOc1ccccc1.N=N. The van der Waals surface area contributed by atoms with E-state index in [0.29, 0.717) is 0 Å². The molecule has 0 aliphatic heterocycles. The van der Waals surface area contributed by atoms with Gasteiger partial charge in [0.1, 0.15) is 5.75 Å². The molecule has 0 aromatic heterocycles. The standard InChI is InChI=1S/C8H10O.C2H4.H2N2/c1-2-9-8-6-4-3-5-7-8;2*1-2/h3-7H,2H2,1H3;1-2H2;1-2H. The number of hydrogen-bond donors (Lipinski definition) is 2. The second-order valence-electron chi connectivity index (χ2n) is 1.75. The predicted octanol–water partition coefficient (Wildman–Crippen LogP) is 3.48. The summed E-state index contributed by atoms with van der Waals surface area (Å²) < 4.78 is 5.21. The van der Waals surface area contributed by atoms with Crippen LogP contribution in [0.15, 0.2) is 43.5 Å². The maximum Gasteiger partial charge on any atom is 0.119 e. The van der Waals surface area contributed by atoms with Crippen molar-refractivity contribution in [3.63, 3.8) is 0 Å². The van der Waals surface area contributed by atoms with Crippen LogP contribution >= 0.6 is 0 Å². The number of ether oxygens (including phenoxy) is 1. The van der Waals surface area contributed by atoms with Crippen LogP contribution in [-0.4, -0.2) is 6.61 Å². The van der Waals surface area contributed by atoms with E-state index in [-0.39, 0.29) is 0 Å². The second-order valence-corrected chi connectivity index (χ2v) is 1.75. The van der Waals surface area contributed by atoms with Gasteiger partial charge >= 0.3 is 0 Å². The van der Waals surface area contributed by atoms with Gasteiger partial charge in [0.15, 0.2) is 0 Å². The average molecular weight is 180 g/mol. The summed E-state index contributed by atoms with van der Waals surface area (Å²) in [6.45, 7) is 8.72. The van der Waals surface area contributed by atoms with Crippen LogP contribution in [-0.2, 0) is 0 Å². The van der Waals surface area contributed by atoms with Crippen molar-refractivity contribution >= 4 is 0 Å². The molecule has 3 nitrogen and oxygen atoms in total. The molecule has 0 fully saturated rings. The number of hydrogen-bond acceptors (Lipinski definition) is 3. The highest BCUT2D eigenvalue weighted by Crippen LogP contribution is 2.06. The molecule has 0 spiro atoms. The van der Waals surface area contributed by atoms with Crippen molar-refractivity contribution in [3.05, 3.63) is 43.5 Å². The topological polar surface area (TPSA) is 56.9 Å². The van der Waals surface area contributed by atoms with Crippen LogP contribution in [0.2, 0.25) is 0 Å². The zero-order chi connectivity index (χ0) is 10.5. The highest BCUT2D eigenvalue weighted by Gasteiger charge is 1.83. The molecular weight excluding hydrogens is 164 g/mol. The molecule has 0 heterocycles. The third kappa shape index (κ3) is 8.26. The summed E-state index contributed by atoms with van der Waals surface area (Å²) in [6.07, 6.45) is 0. The van der Waals surface area contributed by atoms with E-state index < -0.39 is 0 Å². The maximum atomic E-state index is 5.21. The van der Waals surface area contributed by atoms with E-state index in [1.165, 1.54) is 0 Å². The fraction of sp³-hybridized carbons (Fsp3) is 0.200. The molecule has 2 N–H and O–H groups in total. The summed E-state index contributed by atoms with van der Waals surface area (Å²) in [5.41, 5.74) is 10.0. The van der Waals surface area contributed by atoms with Gasteiger partial charge in [0.05, 0.1) is 6.61 Å². The van der Waals surface area contributed by atoms with Gasteiger partial charge in [0, 0.05) is 0 Å². The summed E-state index contributed by atoms with van der Waals surface area (Å²) in [5.74, 6) is 0.944. The lowest BCUT2D eigenvalue weighted by Crippen LogP contribution is -1.89. The van der Waals surface area contributed by atoms with Crippen LogP contribution in [0, 0.1) is 11.1 Å². The first kappa shape index (κ1) is 13.9. The average Bonchev–Trinajstić information content (AvgIpc) is 2.26. The Bertz CT molecular complexity index is 187. The molecule has 0 amide bonds. The van der Waals surface area contributed by atoms with E-state index in [1.54, 1.807) is 0 Å². The highest BCUT2D eigenvalue weighted by atomic mass is 16.5. The van der Waals surface area contributed by atoms with Crippen LogP contribution < -0.4 is 4.74 Å². The number of rotatable bonds is 2. The molecule has 0 saturated heterocycles. The minimum Gasteiger partial charge on any atom is -0.494 e. The van der Waals surface area contributed by atoms with Gasteiger partial charge in [-0.25, -0.2) is 11.1 Å². The summed E-state index contributed by atoms with van der Waals surface area (Å²) in [4.78, 5) is 0. The van der Waals surface area contributed by atoms with E-state index in [2.05, 4.69) is 13.2 Å². The molecule has 3 heteroatoms. The normalized spacial score (nSPS) is 6.85. The number of nitrogens with one attached hydrogen (secondary N) is 2. The van der Waals surface area contributed by atoms with E-state index in [9.17, 15) is 0 Å². The van der Waals surface area contributed by atoms with Gasteiger partial charge < -0.3 is 4.74 Å². The molecule has 0 aliphatic carbocycles. The minimum absolute atomic E-state index is 0.740. The van der Waals surface area contributed by atoms with Crippen molar-refractivity contribution in [1.82, 2.24) is 0 Å². The molecule has 1 rings (SSSR count). The third-order valence-corrected chi connectivity index (χ3v) is 1.05. The molecule has 0 aliphatic rings. The van der Waals surface area contributed by atoms with Gasteiger partial charge in [-0.3, -0.25) is 0 Å². The van der Waals surface area contributed by atoms with E-state index in [4.69, 9.17) is 15.8 Å². The van der Waals surface area contributed by atoms with Gasteiger partial charge in [-0.1, -0.05) is 18.2 Å². The molecular formula is C10H16N2O. The van der Waals surface area contributed by atoms with Gasteiger partial charge in [-0.15, -0.1) is 13.2 Å². The van der Waals surface area contributed by atoms with Crippen molar-refractivity contribution < 1.29 is 4.74 Å². The molecule has 0 radical (unpaired) electrons. The lowest BCUT2D eigenvalue weighted by molar-refractivity contribution is 0.340. The number of para-hydroxylation sites is 1. The summed E-state index contributed by atoms with van der Waals surface area (Å²) in [7, 11) is 0. The molecule has 13 heavy (non-hydrogen) atoms. The molecule has 72 valence electrons. The predicted molar refractivity (Wildman–Crippen MR) is 54.3 cm³/mol.